The molecule has 1 aliphatic rings. The van der Waals surface area contributed by atoms with Crippen LogP contribution in [-0.4, -0.2) is 34.3 Å². The summed E-state index contributed by atoms with van der Waals surface area (Å²) in [5.41, 5.74) is 1.95. The van der Waals surface area contributed by atoms with Gasteiger partial charge in [0.15, 0.2) is 5.82 Å². The van der Waals surface area contributed by atoms with Crippen molar-refractivity contribution in [2.24, 2.45) is 5.92 Å². The highest BCUT2D eigenvalue weighted by Crippen LogP contribution is 2.32. The Morgan fingerprint density at radius 1 is 1.29 bits per heavy atom. The molecule has 2 heterocycles. The molecule has 5 heteroatoms. The lowest BCUT2D eigenvalue weighted by Gasteiger charge is -2.36. The van der Waals surface area contributed by atoms with E-state index < -0.39 is 0 Å². The second-order valence-electron chi connectivity index (χ2n) is 6.45. The van der Waals surface area contributed by atoms with Gasteiger partial charge < -0.3 is 10.0 Å². The van der Waals surface area contributed by atoms with Gasteiger partial charge in [0.1, 0.15) is 11.0 Å². The topological polar surface area (TPSA) is 49.2 Å². The van der Waals surface area contributed by atoms with Crippen LogP contribution in [0.4, 0.5) is 5.82 Å². The molecule has 1 aromatic heterocycles. The Kier molecular flexibility index (Phi) is 5.36. The van der Waals surface area contributed by atoms with Gasteiger partial charge in [0.25, 0.3) is 0 Å². The van der Waals surface area contributed by atoms with Gasteiger partial charge in [-0.3, -0.25) is 0 Å². The van der Waals surface area contributed by atoms with Crippen LogP contribution >= 0.6 is 11.6 Å². The molecule has 4 nitrogen and oxygen atoms in total. The van der Waals surface area contributed by atoms with E-state index in [4.69, 9.17) is 16.6 Å². The van der Waals surface area contributed by atoms with Crippen LogP contribution in [-0.2, 0) is 6.42 Å². The maximum absolute atomic E-state index is 9.97. The van der Waals surface area contributed by atoms with Crippen LogP contribution in [0.2, 0.25) is 5.15 Å². The Bertz CT molecular complexity index is 691. The van der Waals surface area contributed by atoms with Crippen LogP contribution < -0.4 is 4.90 Å². The lowest BCUT2D eigenvalue weighted by Crippen LogP contribution is -2.40. The van der Waals surface area contributed by atoms with Crippen molar-refractivity contribution in [2.45, 2.75) is 39.2 Å². The molecule has 2 atom stereocenters. The lowest BCUT2D eigenvalue weighted by molar-refractivity contribution is 0.115. The van der Waals surface area contributed by atoms with Gasteiger partial charge in [-0.15, -0.1) is 0 Å². The Labute approximate surface area is 148 Å². The predicted molar refractivity (Wildman–Crippen MR) is 98.5 cm³/mol. The molecule has 1 aromatic carbocycles. The highest BCUT2D eigenvalue weighted by atomic mass is 35.5. The molecule has 0 bridgehead atoms. The summed E-state index contributed by atoms with van der Waals surface area (Å²) >= 11 is 6.48. The Balaban J connectivity index is 2.00. The number of benzene rings is 1. The fraction of sp³-hybridized carbons (Fsp3) is 0.474. The third kappa shape index (κ3) is 3.55. The van der Waals surface area contributed by atoms with Crippen LogP contribution in [0.5, 0.6) is 0 Å². The first-order valence-electron chi connectivity index (χ1n) is 8.65. The minimum atomic E-state index is -0.302. The molecular formula is C19H24ClN3O. The quantitative estimate of drug-likeness (QED) is 0.852. The van der Waals surface area contributed by atoms with E-state index in [0.717, 1.165) is 49.3 Å². The van der Waals surface area contributed by atoms with E-state index >= 15 is 0 Å². The van der Waals surface area contributed by atoms with Gasteiger partial charge in [0.2, 0.25) is 0 Å². The molecule has 1 saturated heterocycles. The molecule has 0 radical (unpaired) electrons. The van der Waals surface area contributed by atoms with Crippen LogP contribution in [0.15, 0.2) is 30.3 Å². The van der Waals surface area contributed by atoms with Gasteiger partial charge in [-0.05, 0) is 26.2 Å². The summed E-state index contributed by atoms with van der Waals surface area (Å²) in [6.45, 7) is 5.70. The van der Waals surface area contributed by atoms with Crippen molar-refractivity contribution in [3.63, 3.8) is 0 Å². The van der Waals surface area contributed by atoms with Crippen LogP contribution in [0.1, 0.15) is 32.3 Å². The maximum atomic E-state index is 9.97. The molecule has 3 rings (SSSR count). The highest BCUT2D eigenvalue weighted by Gasteiger charge is 2.27. The van der Waals surface area contributed by atoms with E-state index in [9.17, 15) is 5.11 Å². The van der Waals surface area contributed by atoms with Crippen molar-refractivity contribution in [1.82, 2.24) is 9.97 Å². The third-order valence-corrected chi connectivity index (χ3v) is 5.07. The normalized spacial score (nSPS) is 19.3. The molecule has 128 valence electrons. The molecule has 2 aromatic rings. The minimum Gasteiger partial charge on any atom is -0.393 e. The monoisotopic (exact) mass is 345 g/mol. The Hall–Kier alpha value is -1.65. The van der Waals surface area contributed by atoms with E-state index in [2.05, 4.69) is 16.8 Å². The van der Waals surface area contributed by atoms with Crippen molar-refractivity contribution in [3.05, 3.63) is 41.0 Å². The van der Waals surface area contributed by atoms with Gasteiger partial charge in [0.05, 0.1) is 6.10 Å². The number of aliphatic hydroxyl groups excluding tert-OH is 1. The number of aliphatic hydroxyl groups is 1. The van der Waals surface area contributed by atoms with Crippen LogP contribution in [0.25, 0.3) is 11.4 Å². The van der Waals surface area contributed by atoms with Crippen molar-refractivity contribution < 1.29 is 5.11 Å². The predicted octanol–water partition coefficient (Wildman–Crippen LogP) is 3.96. The van der Waals surface area contributed by atoms with Crippen molar-refractivity contribution in [3.8, 4) is 11.4 Å². The number of hydrogen-bond acceptors (Lipinski definition) is 4. The first kappa shape index (κ1) is 17.2. The SMILES string of the molecule is CCc1c(Cl)nc(-c2ccccc2)nc1N1CCCC(C(C)O)C1. The number of anilines is 1. The summed E-state index contributed by atoms with van der Waals surface area (Å²) in [7, 11) is 0. The van der Waals surface area contributed by atoms with E-state index in [1.807, 2.05) is 37.3 Å². The zero-order valence-corrected chi connectivity index (χ0v) is 15.0. The van der Waals surface area contributed by atoms with Gasteiger partial charge >= 0.3 is 0 Å². The molecule has 24 heavy (non-hydrogen) atoms. The molecule has 1 fully saturated rings. The van der Waals surface area contributed by atoms with Crippen molar-refractivity contribution in [2.75, 3.05) is 18.0 Å². The molecule has 0 aliphatic carbocycles. The molecule has 1 N–H and O–H groups in total. The summed E-state index contributed by atoms with van der Waals surface area (Å²) in [6, 6.07) is 9.92. The second-order valence-corrected chi connectivity index (χ2v) is 6.81. The van der Waals surface area contributed by atoms with E-state index in [0.29, 0.717) is 11.0 Å². The molecule has 0 saturated carbocycles. The molecule has 2 unspecified atom stereocenters. The van der Waals surface area contributed by atoms with Gasteiger partial charge in [-0.2, -0.15) is 0 Å². The Morgan fingerprint density at radius 2 is 2.04 bits per heavy atom. The first-order chi connectivity index (χ1) is 11.6. The number of nitrogens with zero attached hydrogens (tertiary/aromatic N) is 3. The van der Waals surface area contributed by atoms with E-state index in [1.54, 1.807) is 0 Å². The number of halogens is 1. The standard InChI is InChI=1S/C19H24ClN3O/c1-3-16-17(20)21-18(14-8-5-4-6-9-14)22-19(16)23-11-7-10-15(12-23)13(2)24/h4-6,8-9,13,15,24H,3,7,10-12H2,1-2H3. The van der Waals surface area contributed by atoms with Crippen LogP contribution in [0.3, 0.4) is 0 Å². The summed E-state index contributed by atoms with van der Waals surface area (Å²) in [6.07, 6.45) is 2.60. The highest BCUT2D eigenvalue weighted by molar-refractivity contribution is 6.30. The van der Waals surface area contributed by atoms with Gasteiger partial charge in [-0.1, -0.05) is 48.9 Å². The molecular weight excluding hydrogens is 322 g/mol. The number of aromatic nitrogens is 2. The van der Waals surface area contributed by atoms with E-state index in [-0.39, 0.29) is 12.0 Å². The zero-order valence-electron chi connectivity index (χ0n) is 14.2. The summed E-state index contributed by atoms with van der Waals surface area (Å²) < 4.78 is 0. The fourth-order valence-electron chi connectivity index (χ4n) is 3.32. The van der Waals surface area contributed by atoms with Crippen LogP contribution in [0, 0.1) is 5.92 Å². The smallest absolute Gasteiger partial charge is 0.163 e. The number of hydrogen-bond donors (Lipinski definition) is 1. The average molecular weight is 346 g/mol. The number of rotatable bonds is 4. The Morgan fingerprint density at radius 3 is 2.71 bits per heavy atom. The minimum absolute atomic E-state index is 0.275. The summed E-state index contributed by atoms with van der Waals surface area (Å²) in [5, 5.41) is 10.5. The second kappa shape index (κ2) is 7.49. The molecule has 0 spiro atoms. The lowest BCUT2D eigenvalue weighted by atomic mass is 9.93. The van der Waals surface area contributed by atoms with E-state index in [1.165, 1.54) is 0 Å². The number of piperidine rings is 1. The summed E-state index contributed by atoms with van der Waals surface area (Å²) in [5.74, 6) is 1.85. The average Bonchev–Trinajstić information content (AvgIpc) is 2.62. The van der Waals surface area contributed by atoms with Gasteiger partial charge in [0, 0.05) is 30.1 Å². The van der Waals surface area contributed by atoms with Gasteiger partial charge in [-0.25, -0.2) is 9.97 Å². The fourth-order valence-corrected chi connectivity index (χ4v) is 3.62. The van der Waals surface area contributed by atoms with Crippen molar-refractivity contribution in [1.29, 1.82) is 0 Å². The summed E-state index contributed by atoms with van der Waals surface area (Å²) in [4.78, 5) is 11.6. The zero-order chi connectivity index (χ0) is 17.1. The molecule has 1 aliphatic heterocycles. The molecule has 0 amide bonds. The first-order valence-corrected chi connectivity index (χ1v) is 9.02. The third-order valence-electron chi connectivity index (χ3n) is 4.76. The van der Waals surface area contributed by atoms with Crippen molar-refractivity contribution >= 4 is 17.4 Å². The maximum Gasteiger partial charge on any atom is 0.163 e. The largest absolute Gasteiger partial charge is 0.393 e.